The third kappa shape index (κ3) is 5.05. The Kier molecular flexibility index (Phi) is 5.99. The number of amides is 2. The normalized spacial score (nSPS) is 26.4. The zero-order chi connectivity index (χ0) is 18.5. The first-order valence-corrected chi connectivity index (χ1v) is 10.0. The van der Waals surface area contributed by atoms with Crippen LogP contribution in [-0.2, 0) is 4.74 Å². The molecule has 2 unspecified atom stereocenters. The van der Waals surface area contributed by atoms with Crippen LogP contribution in [0.4, 0.5) is 4.79 Å². The van der Waals surface area contributed by atoms with Crippen molar-refractivity contribution >= 4 is 6.03 Å². The number of rotatable bonds is 4. The molecule has 2 amide bonds. The predicted octanol–water partition coefficient (Wildman–Crippen LogP) is 1.77. The van der Waals surface area contributed by atoms with Crippen molar-refractivity contribution in [1.29, 1.82) is 0 Å². The van der Waals surface area contributed by atoms with Gasteiger partial charge in [-0.1, -0.05) is 12.1 Å². The summed E-state index contributed by atoms with van der Waals surface area (Å²) >= 11 is 0. The molecule has 4 rings (SSSR count). The quantitative estimate of drug-likeness (QED) is 0.839. The molecule has 0 spiro atoms. The smallest absolute Gasteiger partial charge is 0.315 e. The molecule has 3 aliphatic rings. The Bertz CT molecular complexity index is 635. The first kappa shape index (κ1) is 18.4. The molecule has 3 aliphatic heterocycles. The summed E-state index contributed by atoms with van der Waals surface area (Å²) in [6.07, 6.45) is 3.90. The molecule has 7 heteroatoms. The van der Waals surface area contributed by atoms with E-state index in [9.17, 15) is 4.79 Å². The second-order valence-corrected chi connectivity index (χ2v) is 7.60. The van der Waals surface area contributed by atoms with Gasteiger partial charge in [-0.25, -0.2) is 4.79 Å². The number of benzene rings is 1. The maximum atomic E-state index is 12.3. The molecule has 2 saturated heterocycles. The van der Waals surface area contributed by atoms with Crippen LogP contribution in [0.5, 0.6) is 11.5 Å². The maximum absolute atomic E-state index is 12.3. The minimum absolute atomic E-state index is 0.0229. The van der Waals surface area contributed by atoms with E-state index >= 15 is 0 Å². The summed E-state index contributed by atoms with van der Waals surface area (Å²) in [5.41, 5.74) is 0. The number of urea groups is 1. The highest BCUT2D eigenvalue weighted by atomic mass is 16.6. The van der Waals surface area contributed by atoms with E-state index in [1.807, 2.05) is 24.3 Å². The molecule has 2 atom stereocenters. The minimum Gasteiger partial charge on any atom is -0.486 e. The number of nitrogens with one attached hydrogen (secondary N) is 2. The fraction of sp³-hybridized carbons (Fsp3) is 0.650. The molecule has 3 heterocycles. The summed E-state index contributed by atoms with van der Waals surface area (Å²) in [6, 6.07) is 8.14. The molecule has 1 aromatic rings. The second-order valence-electron chi connectivity index (χ2n) is 7.60. The first-order chi connectivity index (χ1) is 13.3. The predicted molar refractivity (Wildman–Crippen MR) is 101 cm³/mol. The number of likely N-dealkylation sites (tertiary alicyclic amines) is 1. The number of hydrogen-bond acceptors (Lipinski definition) is 5. The molecule has 0 aromatic heterocycles. The summed E-state index contributed by atoms with van der Waals surface area (Å²) in [7, 11) is 0. The lowest BCUT2D eigenvalue weighted by atomic mass is 10.1. The van der Waals surface area contributed by atoms with E-state index in [1.165, 1.54) is 0 Å². The van der Waals surface area contributed by atoms with E-state index in [2.05, 4.69) is 15.5 Å². The molecule has 0 bridgehead atoms. The zero-order valence-electron chi connectivity index (χ0n) is 15.7. The summed E-state index contributed by atoms with van der Waals surface area (Å²) in [4.78, 5) is 14.7. The van der Waals surface area contributed by atoms with E-state index in [-0.39, 0.29) is 24.2 Å². The van der Waals surface area contributed by atoms with E-state index in [1.54, 1.807) is 0 Å². The molecule has 7 nitrogen and oxygen atoms in total. The van der Waals surface area contributed by atoms with Crippen LogP contribution in [-0.4, -0.2) is 68.6 Å². The van der Waals surface area contributed by atoms with E-state index in [0.717, 1.165) is 70.0 Å². The van der Waals surface area contributed by atoms with Crippen LogP contribution in [0.3, 0.4) is 0 Å². The van der Waals surface area contributed by atoms with Gasteiger partial charge < -0.3 is 24.8 Å². The van der Waals surface area contributed by atoms with E-state index < -0.39 is 0 Å². The monoisotopic (exact) mass is 375 g/mol. The fourth-order valence-corrected chi connectivity index (χ4v) is 4.03. The van der Waals surface area contributed by atoms with E-state index in [4.69, 9.17) is 14.2 Å². The van der Waals surface area contributed by atoms with Crippen molar-refractivity contribution in [1.82, 2.24) is 15.5 Å². The number of piperidine rings is 1. The van der Waals surface area contributed by atoms with Gasteiger partial charge in [0.15, 0.2) is 11.5 Å². The number of nitrogens with zero attached hydrogens (tertiary/aromatic N) is 1. The Morgan fingerprint density at radius 3 is 2.70 bits per heavy atom. The summed E-state index contributed by atoms with van der Waals surface area (Å²) in [6.45, 7) is 4.72. The Labute approximate surface area is 160 Å². The fourth-order valence-electron chi connectivity index (χ4n) is 4.03. The lowest BCUT2D eigenvalue weighted by molar-refractivity contribution is 0.0491. The highest BCUT2D eigenvalue weighted by molar-refractivity contribution is 5.74. The van der Waals surface area contributed by atoms with Gasteiger partial charge in [-0.05, 0) is 44.4 Å². The number of carbonyl (C=O) groups is 1. The third-order valence-corrected chi connectivity index (χ3v) is 5.43. The van der Waals surface area contributed by atoms with Crippen LogP contribution < -0.4 is 20.1 Å². The Hall–Kier alpha value is -1.99. The topological polar surface area (TPSA) is 72.1 Å². The second kappa shape index (κ2) is 8.80. The summed E-state index contributed by atoms with van der Waals surface area (Å²) in [5.74, 6) is 1.63. The minimum atomic E-state index is -0.0556. The highest BCUT2D eigenvalue weighted by Gasteiger charge is 2.27. The van der Waals surface area contributed by atoms with Crippen molar-refractivity contribution in [2.75, 3.05) is 39.5 Å². The molecular weight excluding hydrogens is 346 g/mol. The Morgan fingerprint density at radius 1 is 1.07 bits per heavy atom. The Morgan fingerprint density at radius 2 is 1.85 bits per heavy atom. The van der Waals surface area contributed by atoms with Gasteiger partial charge in [0.1, 0.15) is 12.7 Å². The summed E-state index contributed by atoms with van der Waals surface area (Å²) in [5, 5.41) is 6.22. The molecular formula is C20H29N3O4. The van der Waals surface area contributed by atoms with Gasteiger partial charge in [0, 0.05) is 38.4 Å². The van der Waals surface area contributed by atoms with Crippen molar-refractivity contribution in [3.8, 4) is 11.5 Å². The van der Waals surface area contributed by atoms with Crippen LogP contribution in [0.1, 0.15) is 25.7 Å². The molecule has 0 saturated carbocycles. The standard InChI is InChI=1S/C20H29N3O4/c24-20(21-15-7-10-25-11-8-15)22-16-4-3-9-23(12-16)13-17-14-26-18-5-1-2-6-19(18)27-17/h1-2,5-6,15-17H,3-4,7-14H2,(H2,21,22,24). The molecule has 0 aliphatic carbocycles. The van der Waals surface area contributed by atoms with Gasteiger partial charge in [-0.3, -0.25) is 4.90 Å². The van der Waals surface area contributed by atoms with Gasteiger partial charge in [0.25, 0.3) is 0 Å². The molecule has 2 fully saturated rings. The lowest BCUT2D eigenvalue weighted by Gasteiger charge is -2.36. The van der Waals surface area contributed by atoms with Gasteiger partial charge in [0.05, 0.1) is 0 Å². The third-order valence-electron chi connectivity index (χ3n) is 5.43. The molecule has 148 valence electrons. The molecule has 27 heavy (non-hydrogen) atoms. The summed E-state index contributed by atoms with van der Waals surface area (Å²) < 4.78 is 17.2. The van der Waals surface area contributed by atoms with Crippen LogP contribution >= 0.6 is 0 Å². The number of fused-ring (bicyclic) bond motifs is 1. The van der Waals surface area contributed by atoms with Crippen LogP contribution in [0.25, 0.3) is 0 Å². The number of para-hydroxylation sites is 2. The first-order valence-electron chi connectivity index (χ1n) is 10.0. The Balaban J connectivity index is 1.23. The van der Waals surface area contributed by atoms with Gasteiger partial charge in [-0.2, -0.15) is 0 Å². The van der Waals surface area contributed by atoms with Crippen LogP contribution in [0.15, 0.2) is 24.3 Å². The molecule has 2 N–H and O–H groups in total. The van der Waals surface area contributed by atoms with Gasteiger partial charge >= 0.3 is 6.03 Å². The van der Waals surface area contributed by atoms with Crippen molar-refractivity contribution < 1.29 is 19.0 Å². The number of hydrogen-bond donors (Lipinski definition) is 2. The van der Waals surface area contributed by atoms with Crippen molar-refractivity contribution in [3.63, 3.8) is 0 Å². The average molecular weight is 375 g/mol. The largest absolute Gasteiger partial charge is 0.486 e. The average Bonchev–Trinajstić information content (AvgIpc) is 2.69. The SMILES string of the molecule is O=C(NC1CCOCC1)NC1CCCN(CC2COc3ccccc3O2)C1. The lowest BCUT2D eigenvalue weighted by Crippen LogP contribution is -2.54. The molecule has 1 aromatic carbocycles. The van der Waals surface area contributed by atoms with Crippen molar-refractivity contribution in [2.45, 2.75) is 43.9 Å². The number of carbonyl (C=O) groups excluding carboxylic acids is 1. The van der Waals surface area contributed by atoms with Gasteiger partial charge in [0.2, 0.25) is 0 Å². The number of ether oxygens (including phenoxy) is 3. The van der Waals surface area contributed by atoms with Gasteiger partial charge in [-0.15, -0.1) is 0 Å². The van der Waals surface area contributed by atoms with Crippen molar-refractivity contribution in [2.24, 2.45) is 0 Å². The maximum Gasteiger partial charge on any atom is 0.315 e. The van der Waals surface area contributed by atoms with Crippen LogP contribution in [0.2, 0.25) is 0 Å². The van der Waals surface area contributed by atoms with Crippen molar-refractivity contribution in [3.05, 3.63) is 24.3 Å². The highest BCUT2D eigenvalue weighted by Crippen LogP contribution is 2.31. The zero-order valence-corrected chi connectivity index (χ0v) is 15.7. The van der Waals surface area contributed by atoms with E-state index in [0.29, 0.717) is 6.61 Å². The molecule has 0 radical (unpaired) electrons. The van der Waals surface area contributed by atoms with Crippen LogP contribution in [0, 0.1) is 0 Å².